The zero-order valence-electron chi connectivity index (χ0n) is 14.7. The first kappa shape index (κ1) is 19.5. The normalized spacial score (nSPS) is 14.7. The van der Waals surface area contributed by atoms with Crippen LogP contribution in [0.4, 0.5) is 13.2 Å². The number of aromatic nitrogens is 1. The van der Waals surface area contributed by atoms with Crippen LogP contribution in [-0.2, 0) is 25.8 Å². The van der Waals surface area contributed by atoms with Crippen molar-refractivity contribution in [3.8, 4) is 5.75 Å². The molecule has 2 aromatic rings. The number of guanidine groups is 1. The van der Waals surface area contributed by atoms with E-state index in [1.807, 2.05) is 0 Å². The van der Waals surface area contributed by atoms with Gasteiger partial charge >= 0.3 is 6.36 Å². The molecule has 1 aliphatic carbocycles. The smallest absolute Gasteiger partial charge is 0.406 e. The molecule has 146 valence electrons. The first-order valence-electron chi connectivity index (χ1n) is 8.75. The van der Waals surface area contributed by atoms with Crippen molar-refractivity contribution in [3.63, 3.8) is 0 Å². The average Bonchev–Trinajstić information content (AvgIpc) is 3.02. The first-order chi connectivity index (χ1) is 12.9. The fourth-order valence-electron chi connectivity index (χ4n) is 2.84. The molecule has 27 heavy (non-hydrogen) atoms. The third-order valence-electron chi connectivity index (χ3n) is 4.12. The number of halogens is 3. The van der Waals surface area contributed by atoms with Crippen LogP contribution in [0.5, 0.6) is 5.75 Å². The van der Waals surface area contributed by atoms with Gasteiger partial charge in [-0.3, -0.25) is 0 Å². The van der Waals surface area contributed by atoms with Crippen molar-refractivity contribution < 1.29 is 17.9 Å². The van der Waals surface area contributed by atoms with Crippen molar-refractivity contribution in [3.05, 3.63) is 45.4 Å². The summed E-state index contributed by atoms with van der Waals surface area (Å²) >= 11 is 1.78. The number of nitrogens with two attached hydrogens (primary N) is 1. The van der Waals surface area contributed by atoms with Crippen LogP contribution >= 0.6 is 11.3 Å². The van der Waals surface area contributed by atoms with E-state index in [0.29, 0.717) is 12.5 Å². The molecular weight excluding hydrogens is 377 g/mol. The van der Waals surface area contributed by atoms with E-state index in [0.717, 1.165) is 29.8 Å². The molecular formula is C18H21F3N4OS. The molecule has 0 bridgehead atoms. The number of rotatable bonds is 6. The summed E-state index contributed by atoms with van der Waals surface area (Å²) in [5, 5.41) is 4.16. The number of ether oxygens (including phenoxy) is 1. The lowest BCUT2D eigenvalue weighted by Crippen LogP contribution is -2.33. The van der Waals surface area contributed by atoms with E-state index >= 15 is 0 Å². The highest BCUT2D eigenvalue weighted by Crippen LogP contribution is 2.26. The number of alkyl halides is 3. The van der Waals surface area contributed by atoms with Gasteiger partial charge in [0.25, 0.3) is 0 Å². The summed E-state index contributed by atoms with van der Waals surface area (Å²) in [4.78, 5) is 10.3. The molecule has 0 unspecified atom stereocenters. The molecule has 0 spiro atoms. The number of nitrogens with one attached hydrogen (secondary N) is 1. The molecule has 0 amide bonds. The highest BCUT2D eigenvalue weighted by Gasteiger charge is 2.30. The number of nitrogens with zero attached hydrogens (tertiary/aromatic N) is 2. The maximum Gasteiger partial charge on any atom is 0.573 e. The van der Waals surface area contributed by atoms with Crippen LogP contribution in [-0.4, -0.2) is 23.9 Å². The van der Waals surface area contributed by atoms with Crippen molar-refractivity contribution in [2.75, 3.05) is 6.54 Å². The topological polar surface area (TPSA) is 72.5 Å². The van der Waals surface area contributed by atoms with E-state index in [4.69, 9.17) is 5.73 Å². The Labute approximate surface area is 159 Å². The maximum atomic E-state index is 12.1. The summed E-state index contributed by atoms with van der Waals surface area (Å²) in [6, 6.07) is 5.56. The molecule has 1 aromatic heterocycles. The number of hydrogen-bond donors (Lipinski definition) is 2. The van der Waals surface area contributed by atoms with Gasteiger partial charge in [-0.05, 0) is 43.4 Å². The zero-order valence-corrected chi connectivity index (χ0v) is 15.5. The van der Waals surface area contributed by atoms with Gasteiger partial charge in [0.1, 0.15) is 5.75 Å². The van der Waals surface area contributed by atoms with E-state index in [9.17, 15) is 13.2 Å². The lowest BCUT2D eigenvalue weighted by Gasteiger charge is -2.09. The molecule has 1 heterocycles. The van der Waals surface area contributed by atoms with Crippen molar-refractivity contribution >= 4 is 17.3 Å². The molecule has 1 aliphatic rings. The predicted molar refractivity (Wildman–Crippen MR) is 98.9 cm³/mol. The Hall–Kier alpha value is -2.29. The summed E-state index contributed by atoms with van der Waals surface area (Å²) < 4.78 is 40.2. The minimum Gasteiger partial charge on any atom is -0.406 e. The number of fused-ring (bicyclic) bond motifs is 1. The van der Waals surface area contributed by atoms with Crippen molar-refractivity contribution in [2.24, 2.45) is 10.7 Å². The molecule has 9 heteroatoms. The first-order valence-corrected chi connectivity index (χ1v) is 9.56. The molecule has 0 atom stereocenters. The Morgan fingerprint density at radius 3 is 2.67 bits per heavy atom. The highest BCUT2D eigenvalue weighted by atomic mass is 32.1. The van der Waals surface area contributed by atoms with Crippen LogP contribution in [0.15, 0.2) is 29.3 Å². The van der Waals surface area contributed by atoms with Gasteiger partial charge < -0.3 is 15.8 Å². The van der Waals surface area contributed by atoms with Crippen molar-refractivity contribution in [2.45, 2.75) is 45.0 Å². The van der Waals surface area contributed by atoms with Gasteiger partial charge in [0.15, 0.2) is 5.96 Å². The zero-order chi connectivity index (χ0) is 19.3. The summed E-state index contributed by atoms with van der Waals surface area (Å²) in [6.45, 7) is 0.913. The Morgan fingerprint density at radius 2 is 1.96 bits per heavy atom. The number of aliphatic imine (C=N–C) groups is 1. The largest absolute Gasteiger partial charge is 0.573 e. The Balaban J connectivity index is 1.43. The summed E-state index contributed by atoms with van der Waals surface area (Å²) in [5.41, 5.74) is 7.83. The van der Waals surface area contributed by atoms with Gasteiger partial charge in [0.05, 0.1) is 17.2 Å². The van der Waals surface area contributed by atoms with Gasteiger partial charge in [-0.15, -0.1) is 24.5 Å². The van der Waals surface area contributed by atoms with Crippen molar-refractivity contribution in [1.82, 2.24) is 10.3 Å². The van der Waals surface area contributed by atoms with Crippen LogP contribution < -0.4 is 15.8 Å². The van der Waals surface area contributed by atoms with E-state index < -0.39 is 6.36 Å². The average molecular weight is 398 g/mol. The van der Waals surface area contributed by atoms with E-state index in [-0.39, 0.29) is 12.3 Å². The molecule has 5 nitrogen and oxygen atoms in total. The fraction of sp³-hybridized carbons (Fsp3) is 0.444. The Bertz CT molecular complexity index is 763. The van der Waals surface area contributed by atoms with Crippen molar-refractivity contribution in [1.29, 1.82) is 0 Å². The molecule has 3 rings (SSSR count). The van der Waals surface area contributed by atoms with Crippen LogP contribution in [0, 0.1) is 0 Å². The third-order valence-corrected chi connectivity index (χ3v) is 5.34. The van der Waals surface area contributed by atoms with E-state index in [2.05, 4.69) is 20.0 Å². The second-order valence-corrected chi connectivity index (χ2v) is 7.42. The molecule has 1 aromatic carbocycles. The molecule has 0 aliphatic heterocycles. The number of thiazole rings is 1. The quantitative estimate of drug-likeness (QED) is 0.576. The van der Waals surface area contributed by atoms with Crippen LogP contribution in [0.25, 0.3) is 0 Å². The fourth-order valence-corrected chi connectivity index (χ4v) is 4.00. The minimum atomic E-state index is -4.69. The minimum absolute atomic E-state index is 0.257. The summed E-state index contributed by atoms with van der Waals surface area (Å²) in [6.07, 6.45) is 0.779. The maximum absolute atomic E-state index is 12.1. The third kappa shape index (κ3) is 6.13. The molecule has 3 N–H and O–H groups in total. The van der Waals surface area contributed by atoms with Crippen LogP contribution in [0.1, 0.15) is 34.0 Å². The molecule has 0 fully saturated rings. The van der Waals surface area contributed by atoms with Gasteiger partial charge in [-0.2, -0.15) is 0 Å². The van der Waals surface area contributed by atoms with Crippen LogP contribution in [0.3, 0.4) is 0 Å². The molecule has 0 saturated heterocycles. The monoisotopic (exact) mass is 398 g/mol. The van der Waals surface area contributed by atoms with E-state index in [1.165, 1.54) is 47.7 Å². The summed E-state index contributed by atoms with van der Waals surface area (Å²) in [7, 11) is 0. The van der Waals surface area contributed by atoms with Gasteiger partial charge in [0.2, 0.25) is 0 Å². The van der Waals surface area contributed by atoms with E-state index in [1.54, 1.807) is 11.3 Å². The number of hydrogen-bond acceptors (Lipinski definition) is 4. The number of benzene rings is 1. The lowest BCUT2D eigenvalue weighted by molar-refractivity contribution is -0.274. The second-order valence-electron chi connectivity index (χ2n) is 6.25. The Kier molecular flexibility index (Phi) is 6.20. The predicted octanol–water partition coefficient (Wildman–Crippen LogP) is 3.57. The van der Waals surface area contributed by atoms with Gasteiger partial charge in [-0.1, -0.05) is 12.1 Å². The molecule has 0 radical (unpaired) electrons. The molecule has 0 saturated carbocycles. The second kappa shape index (κ2) is 8.60. The lowest BCUT2D eigenvalue weighted by atomic mass is 10.0. The Morgan fingerprint density at radius 1 is 1.22 bits per heavy atom. The number of aryl methyl sites for hydroxylation is 2. The van der Waals surface area contributed by atoms with Gasteiger partial charge in [0, 0.05) is 17.8 Å². The van der Waals surface area contributed by atoms with Crippen LogP contribution in [0.2, 0.25) is 0 Å². The van der Waals surface area contributed by atoms with Gasteiger partial charge in [-0.25, -0.2) is 9.98 Å². The SMILES string of the molecule is NC(=NCc1ccc(OC(F)(F)F)cc1)NCCc1nc2c(s1)CCCC2. The highest BCUT2D eigenvalue weighted by molar-refractivity contribution is 7.11. The summed E-state index contributed by atoms with van der Waals surface area (Å²) in [5.74, 6) is 0.0411. The standard InChI is InChI=1S/C18H21F3N4OS/c19-18(20,21)26-13-7-5-12(6-8-13)11-24-17(22)23-10-9-16-25-14-3-1-2-4-15(14)27-16/h5-8H,1-4,9-11H2,(H3,22,23,24).